The summed E-state index contributed by atoms with van der Waals surface area (Å²) in [7, 11) is 0. The molecule has 0 radical (unpaired) electrons. The molecule has 4 heteroatoms. The third kappa shape index (κ3) is 2.69. The normalized spacial score (nSPS) is 28.6. The van der Waals surface area contributed by atoms with Gasteiger partial charge < -0.3 is 14.5 Å². The lowest BCUT2D eigenvalue weighted by atomic mass is 10.4. The topological polar surface area (TPSA) is 19.0 Å². The molecule has 0 aromatic heterocycles. The van der Waals surface area contributed by atoms with Crippen LogP contribution in [0.4, 0.5) is 0 Å². The van der Waals surface area contributed by atoms with Gasteiger partial charge in [-0.2, -0.15) is 0 Å². The highest BCUT2D eigenvalue weighted by Crippen LogP contribution is 2.29. The van der Waals surface area contributed by atoms with Gasteiger partial charge >= 0.3 is 0 Å². The smallest absolute Gasteiger partial charge is 0.153 e. The largest absolute Gasteiger partial charge is 0.372 e. The molecule has 0 N–H and O–H groups in total. The minimum absolute atomic E-state index is 0.381. The van der Waals surface area contributed by atoms with Crippen LogP contribution in [0.15, 0.2) is 25.2 Å². The van der Waals surface area contributed by atoms with E-state index in [-0.39, 0.29) is 0 Å². The van der Waals surface area contributed by atoms with Crippen molar-refractivity contribution < 1.29 is 4.74 Å². The molecule has 2 heterocycles. The number of thioether (sulfide) groups is 1. The molecule has 3 nitrogen and oxygen atoms in total. The molecule has 0 bridgehead atoms. The van der Waals surface area contributed by atoms with Gasteiger partial charge in [-0.1, -0.05) is 13.5 Å². The highest BCUT2D eigenvalue weighted by atomic mass is 32.2. The van der Waals surface area contributed by atoms with Gasteiger partial charge in [-0.25, -0.2) is 0 Å². The molecule has 1 fully saturated rings. The Bertz CT molecular complexity index is 253. The van der Waals surface area contributed by atoms with Crippen molar-refractivity contribution >= 4 is 11.8 Å². The fourth-order valence-corrected chi connectivity index (χ4v) is 2.89. The lowest BCUT2D eigenvalue weighted by molar-refractivity contribution is 0.280. The SMILES string of the molecule is C=CN1C=CN(CCC)C1SCC1CO1. The summed E-state index contributed by atoms with van der Waals surface area (Å²) in [5, 5.41) is 0. The Morgan fingerprint density at radius 2 is 2.40 bits per heavy atom. The molecular formula is C11H18N2OS. The highest BCUT2D eigenvalue weighted by Gasteiger charge is 2.29. The molecule has 2 unspecified atom stereocenters. The molecule has 84 valence electrons. The first-order chi connectivity index (χ1) is 7.35. The maximum Gasteiger partial charge on any atom is 0.153 e. The fraction of sp³-hybridized carbons (Fsp3) is 0.636. The maximum absolute atomic E-state index is 5.23. The first-order valence-corrected chi connectivity index (χ1v) is 6.47. The van der Waals surface area contributed by atoms with E-state index in [1.807, 2.05) is 18.0 Å². The van der Waals surface area contributed by atoms with Gasteiger partial charge in [0, 0.05) is 24.7 Å². The van der Waals surface area contributed by atoms with Crippen LogP contribution in [0.5, 0.6) is 0 Å². The Morgan fingerprint density at radius 1 is 1.60 bits per heavy atom. The molecule has 0 spiro atoms. The number of hydrogen-bond donors (Lipinski definition) is 0. The first kappa shape index (κ1) is 10.9. The number of rotatable bonds is 6. The number of hydrogen-bond acceptors (Lipinski definition) is 4. The minimum Gasteiger partial charge on any atom is -0.372 e. The summed E-state index contributed by atoms with van der Waals surface area (Å²) in [5.41, 5.74) is 0.381. The van der Waals surface area contributed by atoms with E-state index in [4.69, 9.17) is 4.74 Å². The summed E-state index contributed by atoms with van der Waals surface area (Å²) >= 11 is 1.93. The molecule has 0 saturated carbocycles. The van der Waals surface area contributed by atoms with Crippen molar-refractivity contribution in [2.45, 2.75) is 24.9 Å². The van der Waals surface area contributed by atoms with E-state index in [1.165, 1.54) is 6.42 Å². The van der Waals surface area contributed by atoms with Crippen LogP contribution in [0.2, 0.25) is 0 Å². The standard InChI is InChI=1S/C11H18N2OS/c1-3-5-13-7-6-12(4-2)11(13)15-9-10-8-14-10/h4,6-7,10-11H,2-3,5,8-9H2,1H3. The fourth-order valence-electron chi connectivity index (χ4n) is 1.61. The van der Waals surface area contributed by atoms with Crippen molar-refractivity contribution in [3.63, 3.8) is 0 Å². The molecular weight excluding hydrogens is 208 g/mol. The summed E-state index contributed by atoms with van der Waals surface area (Å²) < 4.78 is 5.23. The number of ether oxygens (including phenoxy) is 1. The third-order valence-electron chi connectivity index (χ3n) is 2.50. The molecule has 1 saturated heterocycles. The van der Waals surface area contributed by atoms with Gasteiger partial charge in [-0.05, 0) is 12.6 Å². The lowest BCUT2D eigenvalue weighted by Gasteiger charge is -2.29. The van der Waals surface area contributed by atoms with E-state index in [9.17, 15) is 0 Å². The summed E-state index contributed by atoms with van der Waals surface area (Å²) in [6.45, 7) is 8.08. The summed E-state index contributed by atoms with van der Waals surface area (Å²) in [6.07, 6.45) is 7.79. The molecule has 0 amide bonds. The number of nitrogens with zero attached hydrogens (tertiary/aromatic N) is 2. The van der Waals surface area contributed by atoms with Gasteiger partial charge in [0.15, 0.2) is 5.50 Å². The molecule has 2 rings (SSSR count). The first-order valence-electron chi connectivity index (χ1n) is 5.42. The van der Waals surface area contributed by atoms with Gasteiger partial charge in [-0.15, -0.1) is 11.8 Å². The predicted molar refractivity (Wildman–Crippen MR) is 64.2 cm³/mol. The second kappa shape index (κ2) is 4.94. The zero-order chi connectivity index (χ0) is 10.7. The second-order valence-corrected chi connectivity index (χ2v) is 4.87. The molecule has 0 aromatic rings. The predicted octanol–water partition coefficient (Wildman–Crippen LogP) is 2.04. The molecule has 0 aromatic carbocycles. The van der Waals surface area contributed by atoms with Crippen LogP contribution in [0.1, 0.15) is 13.3 Å². The summed E-state index contributed by atoms with van der Waals surface area (Å²) in [4.78, 5) is 4.51. The van der Waals surface area contributed by atoms with Gasteiger partial charge in [0.25, 0.3) is 0 Å². The van der Waals surface area contributed by atoms with Crippen LogP contribution >= 0.6 is 11.8 Å². The van der Waals surface area contributed by atoms with Gasteiger partial charge in [-0.3, -0.25) is 0 Å². The highest BCUT2D eigenvalue weighted by molar-refractivity contribution is 7.99. The molecule has 2 atom stereocenters. The van der Waals surface area contributed by atoms with Crippen molar-refractivity contribution in [1.29, 1.82) is 0 Å². The van der Waals surface area contributed by atoms with Crippen molar-refractivity contribution in [3.8, 4) is 0 Å². The Balaban J connectivity index is 1.86. The van der Waals surface area contributed by atoms with Gasteiger partial charge in [0.05, 0.1) is 12.7 Å². The van der Waals surface area contributed by atoms with Crippen molar-refractivity contribution in [2.24, 2.45) is 0 Å². The van der Waals surface area contributed by atoms with Crippen LogP contribution in [-0.2, 0) is 4.74 Å². The third-order valence-corrected chi connectivity index (χ3v) is 3.87. The summed E-state index contributed by atoms with van der Waals surface area (Å²) in [6, 6.07) is 0. The molecule has 15 heavy (non-hydrogen) atoms. The average Bonchev–Trinajstić information content (AvgIpc) is 2.99. The molecule has 2 aliphatic rings. The van der Waals surface area contributed by atoms with Crippen LogP contribution in [0.3, 0.4) is 0 Å². The zero-order valence-electron chi connectivity index (χ0n) is 9.13. The van der Waals surface area contributed by atoms with E-state index < -0.39 is 0 Å². The van der Waals surface area contributed by atoms with Gasteiger partial charge in [0.1, 0.15) is 0 Å². The van der Waals surface area contributed by atoms with Gasteiger partial charge in [0.2, 0.25) is 0 Å². The van der Waals surface area contributed by atoms with Crippen molar-refractivity contribution in [1.82, 2.24) is 9.80 Å². The van der Waals surface area contributed by atoms with Crippen LogP contribution < -0.4 is 0 Å². The maximum atomic E-state index is 5.23. The Kier molecular flexibility index (Phi) is 3.59. The lowest BCUT2D eigenvalue weighted by Crippen LogP contribution is -2.34. The Hall–Kier alpha value is -0.610. The summed E-state index contributed by atoms with van der Waals surface area (Å²) in [5.74, 6) is 1.08. The average molecular weight is 226 g/mol. The second-order valence-electron chi connectivity index (χ2n) is 3.78. The van der Waals surface area contributed by atoms with Crippen LogP contribution in [-0.4, -0.2) is 40.3 Å². The van der Waals surface area contributed by atoms with Crippen molar-refractivity contribution in [2.75, 3.05) is 18.9 Å². The molecule has 0 aliphatic carbocycles. The van der Waals surface area contributed by atoms with Crippen LogP contribution in [0.25, 0.3) is 0 Å². The Morgan fingerprint density at radius 3 is 3.00 bits per heavy atom. The van der Waals surface area contributed by atoms with E-state index >= 15 is 0 Å². The molecule has 2 aliphatic heterocycles. The van der Waals surface area contributed by atoms with E-state index in [1.54, 1.807) is 0 Å². The minimum atomic E-state index is 0.381. The Labute approximate surface area is 95.8 Å². The zero-order valence-corrected chi connectivity index (χ0v) is 9.95. The van der Waals surface area contributed by atoms with E-state index in [0.717, 1.165) is 18.9 Å². The van der Waals surface area contributed by atoms with E-state index in [0.29, 0.717) is 11.6 Å². The monoisotopic (exact) mass is 226 g/mol. The quantitative estimate of drug-likeness (QED) is 0.645. The van der Waals surface area contributed by atoms with Crippen molar-refractivity contribution in [3.05, 3.63) is 25.2 Å². The van der Waals surface area contributed by atoms with E-state index in [2.05, 4.69) is 35.7 Å². The number of epoxide rings is 1. The van der Waals surface area contributed by atoms with Crippen LogP contribution in [0, 0.1) is 0 Å².